The van der Waals surface area contributed by atoms with E-state index in [0.717, 1.165) is 28.3 Å². The van der Waals surface area contributed by atoms with Crippen molar-refractivity contribution in [3.63, 3.8) is 0 Å². The standard InChI is InChI=1S/C30H25F3N2O3/c1-17-11-14-21-24(15-17)38-23-10-6-7-18(2)25(23)26(21)34-28(36)22-16-20(13-12-19-8-4-3-5-9-19)27(30(31,32)33)35-29(22)37/h3-11,14-16,26H,12-13H2,1-2H3,(H,34,36)(H,35,37). The predicted octanol–water partition coefficient (Wildman–Crippen LogP) is 6.42. The van der Waals surface area contributed by atoms with E-state index in [0.29, 0.717) is 23.5 Å². The van der Waals surface area contributed by atoms with E-state index in [4.69, 9.17) is 4.74 Å². The monoisotopic (exact) mass is 518 g/mol. The van der Waals surface area contributed by atoms with E-state index in [-0.39, 0.29) is 17.5 Å². The first-order chi connectivity index (χ1) is 18.1. The Bertz CT molecular complexity index is 1580. The van der Waals surface area contributed by atoms with E-state index < -0.39 is 29.4 Å². The van der Waals surface area contributed by atoms with Gasteiger partial charge in [0.25, 0.3) is 11.5 Å². The first-order valence-corrected chi connectivity index (χ1v) is 12.2. The minimum absolute atomic E-state index is 0.00274. The maximum absolute atomic E-state index is 13.8. The van der Waals surface area contributed by atoms with Gasteiger partial charge in [-0.15, -0.1) is 0 Å². The molecule has 5 rings (SSSR count). The molecule has 8 heteroatoms. The Morgan fingerprint density at radius 3 is 2.45 bits per heavy atom. The fourth-order valence-electron chi connectivity index (χ4n) is 4.83. The van der Waals surface area contributed by atoms with Gasteiger partial charge in [0, 0.05) is 11.1 Å². The van der Waals surface area contributed by atoms with Crippen LogP contribution in [0.15, 0.2) is 77.6 Å². The first kappa shape index (κ1) is 25.3. The average molecular weight is 519 g/mol. The highest BCUT2D eigenvalue weighted by Gasteiger charge is 2.36. The number of hydrogen-bond acceptors (Lipinski definition) is 3. The van der Waals surface area contributed by atoms with E-state index in [1.54, 1.807) is 18.2 Å². The van der Waals surface area contributed by atoms with Gasteiger partial charge in [-0.3, -0.25) is 9.59 Å². The molecule has 2 N–H and O–H groups in total. The zero-order chi connectivity index (χ0) is 27.0. The van der Waals surface area contributed by atoms with E-state index >= 15 is 0 Å². The quantitative estimate of drug-likeness (QED) is 0.320. The Balaban J connectivity index is 1.53. The van der Waals surface area contributed by atoms with Gasteiger partial charge in [-0.05, 0) is 67.1 Å². The van der Waals surface area contributed by atoms with Gasteiger partial charge < -0.3 is 15.0 Å². The summed E-state index contributed by atoms with van der Waals surface area (Å²) in [5.74, 6) is 0.366. The second-order valence-corrected chi connectivity index (χ2v) is 9.43. The summed E-state index contributed by atoms with van der Waals surface area (Å²) in [6.07, 6.45) is -4.46. The largest absolute Gasteiger partial charge is 0.457 e. The van der Waals surface area contributed by atoms with E-state index in [9.17, 15) is 22.8 Å². The van der Waals surface area contributed by atoms with E-state index in [1.165, 1.54) is 0 Å². The molecule has 2 heterocycles. The predicted molar refractivity (Wildman–Crippen MR) is 138 cm³/mol. The smallest absolute Gasteiger partial charge is 0.431 e. The molecule has 0 radical (unpaired) electrons. The zero-order valence-electron chi connectivity index (χ0n) is 20.8. The van der Waals surface area contributed by atoms with Gasteiger partial charge in [-0.1, -0.05) is 54.6 Å². The van der Waals surface area contributed by atoms with Crippen molar-refractivity contribution in [1.82, 2.24) is 10.3 Å². The lowest BCUT2D eigenvalue weighted by molar-refractivity contribution is -0.142. The molecule has 1 atom stereocenters. The number of halogens is 3. The number of aromatic amines is 1. The number of aryl methyl sites for hydroxylation is 4. The molecule has 0 spiro atoms. The third-order valence-corrected chi connectivity index (χ3v) is 6.72. The molecule has 38 heavy (non-hydrogen) atoms. The van der Waals surface area contributed by atoms with Crippen molar-refractivity contribution < 1.29 is 22.7 Å². The van der Waals surface area contributed by atoms with Crippen molar-refractivity contribution in [2.75, 3.05) is 0 Å². The van der Waals surface area contributed by atoms with Crippen LogP contribution in [-0.2, 0) is 19.0 Å². The number of nitrogens with one attached hydrogen (secondary N) is 2. The minimum Gasteiger partial charge on any atom is -0.457 e. The van der Waals surface area contributed by atoms with Crippen LogP contribution >= 0.6 is 0 Å². The summed E-state index contributed by atoms with van der Waals surface area (Å²) >= 11 is 0. The van der Waals surface area contributed by atoms with Gasteiger partial charge >= 0.3 is 6.18 Å². The van der Waals surface area contributed by atoms with Gasteiger partial charge in [0.2, 0.25) is 0 Å². The molecule has 0 saturated heterocycles. The molecule has 194 valence electrons. The van der Waals surface area contributed by atoms with Crippen molar-refractivity contribution in [2.45, 2.75) is 38.9 Å². The van der Waals surface area contributed by atoms with E-state index in [2.05, 4.69) is 5.32 Å². The number of H-pyrrole nitrogens is 1. The van der Waals surface area contributed by atoms with Gasteiger partial charge in [0.05, 0.1) is 6.04 Å². The second kappa shape index (κ2) is 9.85. The number of rotatable bonds is 5. The lowest BCUT2D eigenvalue weighted by Crippen LogP contribution is -2.36. The molecular formula is C30H25F3N2O3. The minimum atomic E-state index is -4.77. The van der Waals surface area contributed by atoms with Crippen molar-refractivity contribution in [2.24, 2.45) is 0 Å². The van der Waals surface area contributed by atoms with Gasteiger partial charge in [0.1, 0.15) is 22.8 Å². The van der Waals surface area contributed by atoms with Crippen molar-refractivity contribution in [1.29, 1.82) is 0 Å². The Morgan fingerprint density at radius 2 is 1.71 bits per heavy atom. The number of ether oxygens (including phenoxy) is 1. The Kier molecular flexibility index (Phi) is 6.57. The fraction of sp³-hybridized carbons (Fsp3) is 0.200. The lowest BCUT2D eigenvalue weighted by atomic mass is 9.90. The van der Waals surface area contributed by atoms with Crippen LogP contribution in [0.5, 0.6) is 11.5 Å². The van der Waals surface area contributed by atoms with Gasteiger partial charge in [0.15, 0.2) is 0 Å². The first-order valence-electron chi connectivity index (χ1n) is 12.2. The highest BCUT2D eigenvalue weighted by molar-refractivity contribution is 5.94. The summed E-state index contributed by atoms with van der Waals surface area (Å²) < 4.78 is 47.4. The van der Waals surface area contributed by atoms with Gasteiger partial charge in [-0.2, -0.15) is 13.2 Å². The summed E-state index contributed by atoms with van der Waals surface area (Å²) in [7, 11) is 0. The molecule has 0 saturated carbocycles. The fourth-order valence-corrected chi connectivity index (χ4v) is 4.83. The van der Waals surface area contributed by atoms with Crippen LogP contribution in [0, 0.1) is 13.8 Å². The van der Waals surface area contributed by atoms with E-state index in [1.807, 2.05) is 67.4 Å². The highest BCUT2D eigenvalue weighted by Crippen LogP contribution is 2.44. The summed E-state index contributed by atoms with van der Waals surface area (Å²) in [6.45, 7) is 3.80. The van der Waals surface area contributed by atoms with Gasteiger partial charge in [-0.25, -0.2) is 0 Å². The normalized spacial score (nSPS) is 14.3. The third-order valence-electron chi connectivity index (χ3n) is 6.72. The Labute approximate surface area is 217 Å². The number of carbonyl (C=O) groups is 1. The molecule has 1 aliphatic heterocycles. The summed E-state index contributed by atoms with van der Waals surface area (Å²) in [6, 6.07) is 20.6. The maximum Gasteiger partial charge on any atom is 0.431 e. The lowest BCUT2D eigenvalue weighted by Gasteiger charge is -2.30. The molecular weight excluding hydrogens is 493 g/mol. The molecule has 0 bridgehead atoms. The van der Waals surface area contributed by atoms with Crippen LogP contribution in [0.1, 0.15) is 55.5 Å². The summed E-state index contributed by atoms with van der Waals surface area (Å²) in [5.41, 5.74) is 1.34. The number of aromatic nitrogens is 1. The third kappa shape index (κ3) is 4.94. The SMILES string of the molecule is Cc1ccc2c(c1)Oc1cccc(C)c1C2NC(=O)c1cc(CCc2ccccc2)c(C(F)(F)F)[nH]c1=O. The molecule has 1 aromatic heterocycles. The molecule has 0 fully saturated rings. The molecule has 1 amide bonds. The molecule has 0 aliphatic carbocycles. The Hall–Kier alpha value is -4.33. The number of pyridine rings is 1. The number of fused-ring (bicyclic) bond motifs is 2. The van der Waals surface area contributed by atoms with Crippen LogP contribution in [0.4, 0.5) is 13.2 Å². The number of amides is 1. The number of carbonyl (C=O) groups excluding carboxylic acids is 1. The number of alkyl halides is 3. The van der Waals surface area contributed by atoms with Crippen LogP contribution in [0.2, 0.25) is 0 Å². The van der Waals surface area contributed by atoms with Crippen molar-refractivity contribution >= 4 is 5.91 Å². The van der Waals surface area contributed by atoms with Crippen LogP contribution < -0.4 is 15.6 Å². The highest BCUT2D eigenvalue weighted by atomic mass is 19.4. The zero-order valence-corrected chi connectivity index (χ0v) is 20.8. The molecule has 3 aromatic carbocycles. The van der Waals surface area contributed by atoms with Crippen molar-refractivity contribution in [3.8, 4) is 11.5 Å². The number of benzene rings is 3. The molecule has 1 unspecified atom stereocenters. The molecule has 4 aromatic rings. The second-order valence-electron chi connectivity index (χ2n) is 9.43. The van der Waals surface area contributed by atoms with Crippen LogP contribution in [0.25, 0.3) is 0 Å². The summed E-state index contributed by atoms with van der Waals surface area (Å²) in [4.78, 5) is 28.2. The molecule has 5 nitrogen and oxygen atoms in total. The van der Waals surface area contributed by atoms with Crippen LogP contribution in [-0.4, -0.2) is 10.9 Å². The average Bonchev–Trinajstić information content (AvgIpc) is 2.87. The molecule has 1 aliphatic rings. The van der Waals surface area contributed by atoms with Crippen LogP contribution in [0.3, 0.4) is 0 Å². The Morgan fingerprint density at radius 1 is 0.947 bits per heavy atom. The summed E-state index contributed by atoms with van der Waals surface area (Å²) in [5, 5.41) is 2.89. The maximum atomic E-state index is 13.8. The topological polar surface area (TPSA) is 71.2 Å². The number of hydrogen-bond donors (Lipinski definition) is 2. The van der Waals surface area contributed by atoms with Crippen molar-refractivity contribution in [3.05, 3.63) is 128 Å².